The quantitative estimate of drug-likeness (QED) is 0.827. The predicted octanol–water partition coefficient (Wildman–Crippen LogP) is 3.01. The molecule has 3 heterocycles. The average molecular weight is 331 g/mol. The van der Waals surface area contributed by atoms with Crippen molar-refractivity contribution in [3.63, 3.8) is 0 Å². The van der Waals surface area contributed by atoms with Crippen molar-refractivity contribution in [3.05, 3.63) is 46.3 Å². The number of hydrogen-bond acceptors (Lipinski definition) is 5. The summed E-state index contributed by atoms with van der Waals surface area (Å²) in [7, 11) is 0. The maximum Gasteiger partial charge on any atom is 0.244 e. The molecule has 6 heteroatoms. The lowest BCUT2D eigenvalue weighted by Crippen LogP contribution is -2.36. The van der Waals surface area contributed by atoms with Gasteiger partial charge in [0.1, 0.15) is 16.5 Å². The monoisotopic (exact) mass is 331 g/mol. The van der Waals surface area contributed by atoms with Crippen LogP contribution in [0.15, 0.2) is 34.2 Å². The van der Waals surface area contributed by atoms with Gasteiger partial charge in [-0.2, -0.15) is 0 Å². The predicted molar refractivity (Wildman–Crippen MR) is 91.2 cm³/mol. The van der Waals surface area contributed by atoms with Gasteiger partial charge in [0.25, 0.3) is 0 Å². The number of nitrogens with one attached hydrogen (secondary N) is 1. The summed E-state index contributed by atoms with van der Waals surface area (Å²) < 4.78 is 5.79. The third-order valence-electron chi connectivity index (χ3n) is 3.97. The molecule has 1 amide bonds. The molecule has 0 bridgehead atoms. The SMILES string of the molecule is Cc1ccc([C@H](CNC(=O)/C=C\c2nccs2)N2CCCC2)o1. The van der Waals surface area contributed by atoms with Crippen LogP contribution in [0.25, 0.3) is 6.08 Å². The van der Waals surface area contributed by atoms with E-state index >= 15 is 0 Å². The van der Waals surface area contributed by atoms with E-state index in [0.29, 0.717) is 6.54 Å². The molecule has 0 radical (unpaired) electrons. The zero-order valence-corrected chi connectivity index (χ0v) is 14.0. The van der Waals surface area contributed by atoms with Gasteiger partial charge in [0.05, 0.1) is 6.04 Å². The Morgan fingerprint density at radius 2 is 2.30 bits per heavy atom. The van der Waals surface area contributed by atoms with Crippen LogP contribution in [-0.4, -0.2) is 35.4 Å². The van der Waals surface area contributed by atoms with E-state index in [4.69, 9.17) is 4.42 Å². The van der Waals surface area contributed by atoms with Crippen LogP contribution < -0.4 is 5.32 Å². The Hall–Kier alpha value is -1.92. The summed E-state index contributed by atoms with van der Waals surface area (Å²) in [5.74, 6) is 1.72. The highest BCUT2D eigenvalue weighted by Gasteiger charge is 2.26. The van der Waals surface area contributed by atoms with Crippen molar-refractivity contribution in [2.45, 2.75) is 25.8 Å². The van der Waals surface area contributed by atoms with Gasteiger partial charge in [0.2, 0.25) is 5.91 Å². The van der Waals surface area contributed by atoms with Gasteiger partial charge in [-0.25, -0.2) is 4.98 Å². The number of aryl methyl sites for hydroxylation is 1. The third kappa shape index (κ3) is 4.30. The van der Waals surface area contributed by atoms with Crippen LogP contribution in [0.4, 0.5) is 0 Å². The number of nitrogens with zero attached hydrogens (tertiary/aromatic N) is 2. The van der Waals surface area contributed by atoms with Crippen LogP contribution in [-0.2, 0) is 4.79 Å². The zero-order chi connectivity index (χ0) is 16.1. The van der Waals surface area contributed by atoms with Crippen molar-refractivity contribution < 1.29 is 9.21 Å². The Morgan fingerprint density at radius 3 is 2.96 bits per heavy atom. The summed E-state index contributed by atoms with van der Waals surface area (Å²) >= 11 is 1.51. The minimum atomic E-state index is -0.104. The van der Waals surface area contributed by atoms with Crippen LogP contribution in [0.1, 0.15) is 35.4 Å². The molecule has 1 N–H and O–H groups in total. The van der Waals surface area contributed by atoms with Crippen molar-refractivity contribution in [2.75, 3.05) is 19.6 Å². The molecule has 2 aromatic rings. The fourth-order valence-corrected chi connectivity index (χ4v) is 3.34. The van der Waals surface area contributed by atoms with Crippen molar-refractivity contribution >= 4 is 23.3 Å². The second-order valence-corrected chi connectivity index (χ2v) is 6.58. The first-order valence-corrected chi connectivity index (χ1v) is 8.76. The van der Waals surface area contributed by atoms with Gasteiger partial charge in [-0.3, -0.25) is 9.69 Å². The molecule has 2 aromatic heterocycles. The molecule has 1 aliphatic rings. The Balaban J connectivity index is 1.61. The van der Waals surface area contributed by atoms with Crippen LogP contribution >= 0.6 is 11.3 Å². The van der Waals surface area contributed by atoms with E-state index < -0.39 is 0 Å². The second kappa shape index (κ2) is 7.57. The van der Waals surface area contributed by atoms with Gasteiger partial charge in [0.15, 0.2) is 0 Å². The number of aromatic nitrogens is 1. The standard InChI is InChI=1S/C17H21N3O2S/c1-13-4-5-15(22-13)14(20-9-2-3-10-20)12-19-16(21)6-7-17-18-8-11-23-17/h4-8,11,14H,2-3,9-10,12H2,1H3,(H,19,21)/b7-6-/t14-/m0/s1. The topological polar surface area (TPSA) is 58.4 Å². The molecule has 23 heavy (non-hydrogen) atoms. The van der Waals surface area contributed by atoms with Gasteiger partial charge < -0.3 is 9.73 Å². The number of likely N-dealkylation sites (tertiary alicyclic amines) is 1. The minimum absolute atomic E-state index is 0.100. The van der Waals surface area contributed by atoms with E-state index in [9.17, 15) is 4.79 Å². The van der Waals surface area contributed by atoms with Gasteiger partial charge >= 0.3 is 0 Å². The molecule has 1 aliphatic heterocycles. The summed E-state index contributed by atoms with van der Waals surface area (Å²) in [4.78, 5) is 18.5. The number of amides is 1. The van der Waals surface area contributed by atoms with Gasteiger partial charge in [-0.1, -0.05) is 0 Å². The molecule has 0 aromatic carbocycles. The summed E-state index contributed by atoms with van der Waals surface area (Å²) in [6.07, 6.45) is 7.40. The highest BCUT2D eigenvalue weighted by atomic mass is 32.1. The van der Waals surface area contributed by atoms with Crippen molar-refractivity contribution in [2.24, 2.45) is 0 Å². The number of carbonyl (C=O) groups is 1. The van der Waals surface area contributed by atoms with Gasteiger partial charge in [0, 0.05) is 24.2 Å². The van der Waals surface area contributed by atoms with E-state index in [1.165, 1.54) is 30.3 Å². The molecule has 0 spiro atoms. The number of thiazole rings is 1. The molecular weight excluding hydrogens is 310 g/mol. The van der Waals surface area contributed by atoms with Crippen LogP contribution in [0.5, 0.6) is 0 Å². The molecule has 1 fully saturated rings. The Bertz CT molecular complexity index is 657. The lowest BCUT2D eigenvalue weighted by Gasteiger charge is -2.25. The Kier molecular flexibility index (Phi) is 5.25. The molecule has 1 atom stereocenters. The van der Waals surface area contributed by atoms with Crippen molar-refractivity contribution in [3.8, 4) is 0 Å². The summed E-state index contributed by atoms with van der Waals surface area (Å²) in [6, 6.07) is 4.08. The third-order valence-corrected chi connectivity index (χ3v) is 4.71. The summed E-state index contributed by atoms with van der Waals surface area (Å²) in [5.41, 5.74) is 0. The van der Waals surface area contributed by atoms with Gasteiger partial charge in [-0.05, 0) is 51.1 Å². The summed E-state index contributed by atoms with van der Waals surface area (Å²) in [6.45, 7) is 4.60. The first-order valence-electron chi connectivity index (χ1n) is 7.88. The van der Waals surface area contributed by atoms with Crippen LogP contribution in [0.3, 0.4) is 0 Å². The lowest BCUT2D eigenvalue weighted by atomic mass is 10.2. The first kappa shape index (κ1) is 16.0. The van der Waals surface area contributed by atoms with E-state index in [1.807, 2.05) is 24.4 Å². The molecule has 122 valence electrons. The lowest BCUT2D eigenvalue weighted by molar-refractivity contribution is -0.116. The first-order chi connectivity index (χ1) is 11.2. The van der Waals surface area contributed by atoms with Crippen molar-refractivity contribution in [1.82, 2.24) is 15.2 Å². The maximum absolute atomic E-state index is 12.0. The van der Waals surface area contributed by atoms with E-state index in [1.54, 1.807) is 12.3 Å². The fourth-order valence-electron chi connectivity index (χ4n) is 2.82. The summed E-state index contributed by atoms with van der Waals surface area (Å²) in [5, 5.41) is 5.70. The molecule has 0 aliphatic carbocycles. The second-order valence-electron chi connectivity index (χ2n) is 5.66. The van der Waals surface area contributed by atoms with E-state index in [-0.39, 0.29) is 11.9 Å². The Labute approximate surface area is 140 Å². The zero-order valence-electron chi connectivity index (χ0n) is 13.2. The average Bonchev–Trinajstić information content (AvgIpc) is 3.28. The van der Waals surface area contributed by atoms with E-state index in [2.05, 4.69) is 15.2 Å². The number of rotatable bonds is 6. The fraction of sp³-hybridized carbons (Fsp3) is 0.412. The molecular formula is C17H21N3O2S. The highest BCUT2D eigenvalue weighted by molar-refractivity contribution is 7.10. The normalized spacial score (nSPS) is 16.9. The molecule has 5 nitrogen and oxygen atoms in total. The van der Waals surface area contributed by atoms with Crippen LogP contribution in [0.2, 0.25) is 0 Å². The molecule has 0 saturated carbocycles. The van der Waals surface area contributed by atoms with E-state index in [0.717, 1.165) is 29.6 Å². The maximum atomic E-state index is 12.0. The van der Waals surface area contributed by atoms with Crippen molar-refractivity contribution in [1.29, 1.82) is 0 Å². The smallest absolute Gasteiger partial charge is 0.244 e. The largest absolute Gasteiger partial charge is 0.465 e. The van der Waals surface area contributed by atoms with Gasteiger partial charge in [-0.15, -0.1) is 11.3 Å². The highest BCUT2D eigenvalue weighted by Crippen LogP contribution is 2.26. The number of hydrogen-bond donors (Lipinski definition) is 1. The molecule has 0 unspecified atom stereocenters. The number of carbonyl (C=O) groups excluding carboxylic acids is 1. The number of furan rings is 1. The minimum Gasteiger partial charge on any atom is -0.465 e. The molecule has 3 rings (SSSR count). The Morgan fingerprint density at radius 1 is 1.48 bits per heavy atom. The van der Waals surface area contributed by atoms with Crippen LogP contribution in [0, 0.1) is 6.92 Å². The molecule has 1 saturated heterocycles.